The van der Waals surface area contributed by atoms with Crippen LogP contribution in [0, 0.1) is 0 Å². The first-order valence-corrected chi connectivity index (χ1v) is 15.1. The van der Waals surface area contributed by atoms with E-state index in [0.29, 0.717) is 23.4 Å². The third-order valence-electron chi connectivity index (χ3n) is 6.76. The highest BCUT2D eigenvalue weighted by Crippen LogP contribution is 2.23. The topological polar surface area (TPSA) is 147 Å². The summed E-state index contributed by atoms with van der Waals surface area (Å²) in [4.78, 5) is 20.9. The number of carboxylic acid groups (broad SMARTS) is 1. The summed E-state index contributed by atoms with van der Waals surface area (Å²) in [5.74, 6) is -3.12. The lowest BCUT2D eigenvalue weighted by Gasteiger charge is -2.28. The molecule has 242 valence electrons. The molecule has 0 aliphatic carbocycles. The van der Waals surface area contributed by atoms with Gasteiger partial charge in [-0.25, -0.2) is 18.0 Å². The van der Waals surface area contributed by atoms with Gasteiger partial charge in [-0.15, -0.1) is 0 Å². The van der Waals surface area contributed by atoms with Crippen LogP contribution in [0.2, 0.25) is 0 Å². The van der Waals surface area contributed by atoms with Crippen molar-refractivity contribution in [2.45, 2.75) is 49.5 Å². The van der Waals surface area contributed by atoms with Crippen LogP contribution in [0.3, 0.4) is 0 Å². The minimum absolute atomic E-state index is 0.175. The molecule has 0 saturated heterocycles. The highest BCUT2D eigenvalue weighted by Gasteiger charge is 2.38. The average Bonchev–Trinajstić information content (AvgIpc) is 3.41. The number of fused-ring (bicyclic) bond motifs is 1. The fourth-order valence-electron chi connectivity index (χ4n) is 4.24. The Hall–Kier alpha value is -4.40. The molecular formula is C31H34F3N3O7S. The van der Waals surface area contributed by atoms with Crippen molar-refractivity contribution in [2.75, 3.05) is 18.4 Å². The predicted molar refractivity (Wildman–Crippen MR) is 162 cm³/mol. The third-order valence-corrected chi connectivity index (χ3v) is 8.16. The zero-order chi connectivity index (χ0) is 33.4. The maximum Gasteiger partial charge on any atom is 0.490 e. The summed E-state index contributed by atoms with van der Waals surface area (Å²) < 4.78 is 66.5. The van der Waals surface area contributed by atoms with Crippen LogP contribution in [-0.2, 0) is 26.1 Å². The number of aliphatic hydroxyl groups excluding tert-OH is 1. The second-order valence-electron chi connectivity index (χ2n) is 10.7. The minimum Gasteiger partial charge on any atom is -0.475 e. The number of carbonyl (C=O) groups is 2. The summed E-state index contributed by atoms with van der Waals surface area (Å²) >= 11 is 0. The SMILES string of the molecule is COC(=O)c1ccc2c(ccn2CCC(C)(C)NCC(O)c2cccc(NS(=O)(=O)c3ccccc3)c2)c1.O=C(O)C(F)(F)F. The summed E-state index contributed by atoms with van der Waals surface area (Å²) in [6.45, 7) is 5.20. The quantitative estimate of drug-likeness (QED) is 0.159. The zero-order valence-electron chi connectivity index (χ0n) is 24.7. The Morgan fingerprint density at radius 3 is 2.27 bits per heavy atom. The minimum atomic E-state index is -5.08. The Morgan fingerprint density at radius 1 is 0.978 bits per heavy atom. The van der Waals surface area contributed by atoms with Crippen molar-refractivity contribution in [3.05, 3.63) is 96.2 Å². The number of hydrogen-bond donors (Lipinski definition) is 4. The molecule has 0 amide bonds. The number of esters is 1. The lowest BCUT2D eigenvalue weighted by atomic mass is 9.99. The van der Waals surface area contributed by atoms with Gasteiger partial charge in [-0.05, 0) is 74.4 Å². The van der Waals surface area contributed by atoms with Crippen LogP contribution in [0.4, 0.5) is 18.9 Å². The number of hydrogen-bond acceptors (Lipinski definition) is 7. The number of carbonyl (C=O) groups excluding carboxylic acids is 1. The molecule has 0 fully saturated rings. The molecule has 1 heterocycles. The van der Waals surface area contributed by atoms with Crippen molar-refractivity contribution in [3.8, 4) is 0 Å². The number of halogens is 3. The molecule has 4 N–H and O–H groups in total. The molecular weight excluding hydrogens is 615 g/mol. The molecule has 1 unspecified atom stereocenters. The molecule has 0 radical (unpaired) electrons. The number of methoxy groups -OCH3 is 1. The van der Waals surface area contributed by atoms with Crippen molar-refractivity contribution in [3.63, 3.8) is 0 Å². The van der Waals surface area contributed by atoms with Crippen molar-refractivity contribution >= 4 is 38.6 Å². The van der Waals surface area contributed by atoms with Gasteiger partial charge < -0.3 is 24.8 Å². The third kappa shape index (κ3) is 10.1. The van der Waals surface area contributed by atoms with Gasteiger partial charge in [-0.1, -0.05) is 30.3 Å². The molecule has 0 saturated carbocycles. The average molecular weight is 650 g/mol. The zero-order valence-corrected chi connectivity index (χ0v) is 25.5. The Balaban J connectivity index is 0.000000707. The number of nitrogens with zero attached hydrogens (tertiary/aromatic N) is 1. The van der Waals surface area contributed by atoms with Crippen molar-refractivity contribution in [1.82, 2.24) is 9.88 Å². The van der Waals surface area contributed by atoms with Crippen LogP contribution in [0.5, 0.6) is 0 Å². The number of rotatable bonds is 11. The largest absolute Gasteiger partial charge is 0.490 e. The fraction of sp³-hybridized carbons (Fsp3) is 0.290. The number of sulfonamides is 1. The number of carboxylic acids is 1. The summed E-state index contributed by atoms with van der Waals surface area (Å²) in [6, 6.07) is 22.4. The lowest BCUT2D eigenvalue weighted by Crippen LogP contribution is -2.42. The molecule has 0 aliphatic rings. The first-order chi connectivity index (χ1) is 21.0. The van der Waals surface area contributed by atoms with Gasteiger partial charge in [0, 0.05) is 41.4 Å². The molecule has 10 nitrogen and oxygen atoms in total. The number of ether oxygens (including phenoxy) is 1. The molecule has 1 aromatic heterocycles. The van der Waals surface area contributed by atoms with Gasteiger partial charge in [0.2, 0.25) is 0 Å². The van der Waals surface area contributed by atoms with Gasteiger partial charge >= 0.3 is 18.1 Å². The van der Waals surface area contributed by atoms with E-state index < -0.39 is 28.3 Å². The Bertz CT molecular complexity index is 1720. The Labute approximate surface area is 258 Å². The summed E-state index contributed by atoms with van der Waals surface area (Å²) in [6.07, 6.45) is -3.11. The normalized spacial score (nSPS) is 12.6. The van der Waals surface area contributed by atoms with E-state index in [0.717, 1.165) is 23.9 Å². The van der Waals surface area contributed by atoms with Gasteiger partial charge in [0.25, 0.3) is 10.0 Å². The monoisotopic (exact) mass is 649 g/mol. The van der Waals surface area contributed by atoms with Gasteiger partial charge in [0.15, 0.2) is 0 Å². The van der Waals surface area contributed by atoms with Crippen LogP contribution < -0.4 is 10.0 Å². The smallest absolute Gasteiger partial charge is 0.475 e. The number of aliphatic carboxylic acids is 1. The number of nitrogens with one attached hydrogen (secondary N) is 2. The molecule has 45 heavy (non-hydrogen) atoms. The number of aromatic nitrogens is 1. The van der Waals surface area contributed by atoms with E-state index in [4.69, 9.17) is 14.6 Å². The van der Waals surface area contributed by atoms with Crippen LogP contribution in [0.1, 0.15) is 42.3 Å². The van der Waals surface area contributed by atoms with Crippen molar-refractivity contribution in [2.24, 2.45) is 0 Å². The molecule has 14 heteroatoms. The number of benzene rings is 3. The second kappa shape index (κ2) is 14.6. The molecule has 0 aliphatic heterocycles. The van der Waals surface area contributed by atoms with E-state index in [1.165, 1.54) is 19.2 Å². The summed E-state index contributed by atoms with van der Waals surface area (Å²) in [5, 5.41) is 22.3. The molecule has 4 rings (SSSR count). The number of anilines is 1. The molecule has 0 bridgehead atoms. The van der Waals surface area contributed by atoms with E-state index in [1.54, 1.807) is 48.5 Å². The van der Waals surface area contributed by atoms with Crippen molar-refractivity contribution in [1.29, 1.82) is 0 Å². The fourth-order valence-corrected chi connectivity index (χ4v) is 5.31. The van der Waals surface area contributed by atoms with Gasteiger partial charge in [0.1, 0.15) is 0 Å². The number of β-amino-alcohol motifs (C(OH)–C–C–N with tert-alkyl or cyclic N) is 1. The first kappa shape index (κ1) is 35.1. The van der Waals surface area contributed by atoms with Gasteiger partial charge in [-0.2, -0.15) is 13.2 Å². The maximum atomic E-state index is 12.6. The standard InChI is InChI=1S/C29H33N3O5S.C2HF3O2/c1-29(2,15-17-32-16-14-21-18-23(28(34)37-3)12-13-26(21)32)30-20-27(33)22-8-7-9-24(19-22)31-38(35,36)25-10-5-4-6-11-25;3-2(4,5)1(6)7/h4-14,16,18-19,27,30-31,33H,15,17,20H2,1-3H3;(H,6,7). The van der Waals surface area contributed by atoms with E-state index in [1.807, 2.05) is 24.4 Å². The number of aryl methyl sites for hydroxylation is 1. The number of alkyl halides is 3. The highest BCUT2D eigenvalue weighted by atomic mass is 32.2. The molecule has 3 aromatic carbocycles. The number of aliphatic hydroxyl groups is 1. The summed E-state index contributed by atoms with van der Waals surface area (Å²) in [7, 11) is -2.35. The lowest BCUT2D eigenvalue weighted by molar-refractivity contribution is -0.192. The van der Waals surface area contributed by atoms with Crippen LogP contribution in [-0.4, -0.2) is 60.5 Å². The molecule has 1 atom stereocenters. The van der Waals surface area contributed by atoms with Crippen LogP contribution in [0.25, 0.3) is 10.9 Å². The Morgan fingerprint density at radius 2 is 1.64 bits per heavy atom. The second-order valence-corrected chi connectivity index (χ2v) is 12.3. The summed E-state index contributed by atoms with van der Waals surface area (Å²) in [5.41, 5.74) is 2.27. The highest BCUT2D eigenvalue weighted by molar-refractivity contribution is 7.92. The molecule has 4 aromatic rings. The van der Waals surface area contributed by atoms with Crippen LogP contribution >= 0.6 is 0 Å². The maximum absolute atomic E-state index is 12.6. The first-order valence-electron chi connectivity index (χ1n) is 13.6. The molecule has 0 spiro atoms. The van der Waals surface area contributed by atoms with Gasteiger partial charge in [0.05, 0.1) is 23.7 Å². The van der Waals surface area contributed by atoms with E-state index >= 15 is 0 Å². The van der Waals surface area contributed by atoms with E-state index in [-0.39, 0.29) is 16.4 Å². The predicted octanol–water partition coefficient (Wildman–Crippen LogP) is 5.35. The van der Waals surface area contributed by atoms with E-state index in [9.17, 15) is 31.5 Å². The van der Waals surface area contributed by atoms with Crippen LogP contribution in [0.15, 0.2) is 90.0 Å². The van der Waals surface area contributed by atoms with E-state index in [2.05, 4.69) is 28.5 Å². The van der Waals surface area contributed by atoms with Gasteiger partial charge in [-0.3, -0.25) is 4.72 Å². The Kier molecular flexibility index (Phi) is 11.4. The van der Waals surface area contributed by atoms with Crippen molar-refractivity contribution < 1.29 is 46.1 Å².